The van der Waals surface area contributed by atoms with E-state index in [1.165, 1.54) is 4.90 Å². The van der Waals surface area contributed by atoms with Crippen LogP contribution in [-0.2, 0) is 9.59 Å². The highest BCUT2D eigenvalue weighted by Gasteiger charge is 2.15. The molecule has 0 aromatic heterocycles. The standard InChI is InChI=1S/C11H21BrN2O2/c1-4-14(9-11(16)13(2)3)10(15)7-5-6-8-12/h4-9H2,1-3H3. The van der Waals surface area contributed by atoms with Crippen molar-refractivity contribution >= 4 is 27.7 Å². The van der Waals surface area contributed by atoms with E-state index in [0.29, 0.717) is 13.0 Å². The summed E-state index contributed by atoms with van der Waals surface area (Å²) in [5, 5.41) is 0.920. The van der Waals surface area contributed by atoms with Gasteiger partial charge in [-0.05, 0) is 19.8 Å². The lowest BCUT2D eigenvalue weighted by molar-refractivity contribution is -0.139. The van der Waals surface area contributed by atoms with E-state index in [1.807, 2.05) is 6.92 Å². The zero-order valence-corrected chi connectivity index (χ0v) is 11.9. The van der Waals surface area contributed by atoms with E-state index < -0.39 is 0 Å². The number of unbranched alkanes of at least 4 members (excludes halogenated alkanes) is 1. The van der Waals surface area contributed by atoms with Crippen LogP contribution in [-0.4, -0.2) is 54.1 Å². The second-order valence-corrected chi connectivity index (χ2v) is 4.64. The third-order valence-electron chi connectivity index (χ3n) is 2.33. The molecule has 16 heavy (non-hydrogen) atoms. The van der Waals surface area contributed by atoms with Crippen LogP contribution in [0, 0.1) is 0 Å². The minimum atomic E-state index is -0.0318. The molecule has 0 spiro atoms. The lowest BCUT2D eigenvalue weighted by Crippen LogP contribution is -2.40. The first-order chi connectivity index (χ1) is 7.52. The van der Waals surface area contributed by atoms with Crippen molar-refractivity contribution in [2.24, 2.45) is 0 Å². The summed E-state index contributed by atoms with van der Waals surface area (Å²) in [6, 6.07) is 0. The molecule has 0 saturated carbocycles. The van der Waals surface area contributed by atoms with Crippen molar-refractivity contribution in [1.82, 2.24) is 9.80 Å². The number of halogens is 1. The van der Waals surface area contributed by atoms with Crippen LogP contribution in [0.4, 0.5) is 0 Å². The van der Waals surface area contributed by atoms with E-state index in [9.17, 15) is 9.59 Å². The summed E-state index contributed by atoms with van der Waals surface area (Å²) in [6.45, 7) is 2.68. The Labute approximate surface area is 106 Å². The molecule has 0 N–H and O–H groups in total. The minimum absolute atomic E-state index is 0.0318. The van der Waals surface area contributed by atoms with Crippen LogP contribution in [0.2, 0.25) is 0 Å². The summed E-state index contributed by atoms with van der Waals surface area (Å²) < 4.78 is 0. The van der Waals surface area contributed by atoms with E-state index in [2.05, 4.69) is 15.9 Å². The minimum Gasteiger partial charge on any atom is -0.347 e. The van der Waals surface area contributed by atoms with Gasteiger partial charge in [-0.3, -0.25) is 9.59 Å². The van der Waals surface area contributed by atoms with Crippen molar-refractivity contribution in [3.8, 4) is 0 Å². The number of amides is 2. The quantitative estimate of drug-likeness (QED) is 0.527. The van der Waals surface area contributed by atoms with Gasteiger partial charge in [0, 0.05) is 32.4 Å². The number of rotatable bonds is 7. The monoisotopic (exact) mass is 292 g/mol. The van der Waals surface area contributed by atoms with Gasteiger partial charge in [0.2, 0.25) is 11.8 Å². The summed E-state index contributed by atoms with van der Waals surface area (Å²) in [4.78, 5) is 26.3. The van der Waals surface area contributed by atoms with E-state index >= 15 is 0 Å². The lowest BCUT2D eigenvalue weighted by atomic mass is 10.2. The molecule has 0 bridgehead atoms. The third kappa shape index (κ3) is 6.10. The molecule has 4 nitrogen and oxygen atoms in total. The maximum Gasteiger partial charge on any atom is 0.241 e. The molecule has 0 aliphatic rings. The number of hydrogen-bond acceptors (Lipinski definition) is 2. The van der Waals surface area contributed by atoms with Gasteiger partial charge in [-0.1, -0.05) is 15.9 Å². The Kier molecular flexibility index (Phi) is 8.25. The van der Waals surface area contributed by atoms with E-state index in [-0.39, 0.29) is 18.4 Å². The number of carbonyl (C=O) groups is 2. The molecule has 0 aliphatic heterocycles. The smallest absolute Gasteiger partial charge is 0.241 e. The van der Waals surface area contributed by atoms with Crippen LogP contribution in [0.15, 0.2) is 0 Å². The second-order valence-electron chi connectivity index (χ2n) is 3.84. The average Bonchev–Trinajstić information content (AvgIpc) is 2.25. The predicted octanol–water partition coefficient (Wildman–Crippen LogP) is 1.49. The fraction of sp³-hybridized carbons (Fsp3) is 0.818. The Bertz CT molecular complexity index is 232. The van der Waals surface area contributed by atoms with Crippen LogP contribution < -0.4 is 0 Å². The van der Waals surface area contributed by atoms with Crippen molar-refractivity contribution in [2.45, 2.75) is 26.2 Å². The maximum absolute atomic E-state index is 11.7. The number of nitrogens with zero attached hydrogens (tertiary/aromatic N) is 2. The van der Waals surface area contributed by atoms with Crippen molar-refractivity contribution < 1.29 is 9.59 Å². The van der Waals surface area contributed by atoms with Crippen molar-refractivity contribution in [2.75, 3.05) is 32.5 Å². The average molecular weight is 293 g/mol. The zero-order valence-electron chi connectivity index (χ0n) is 10.3. The molecule has 5 heteroatoms. The van der Waals surface area contributed by atoms with Gasteiger partial charge in [0.15, 0.2) is 0 Å². The van der Waals surface area contributed by atoms with Gasteiger partial charge in [-0.15, -0.1) is 0 Å². The van der Waals surface area contributed by atoms with Crippen molar-refractivity contribution in [3.05, 3.63) is 0 Å². The Balaban J connectivity index is 4.06. The zero-order chi connectivity index (χ0) is 12.6. The molecule has 0 atom stereocenters. The second kappa shape index (κ2) is 8.56. The van der Waals surface area contributed by atoms with Crippen LogP contribution in [0.3, 0.4) is 0 Å². The topological polar surface area (TPSA) is 40.6 Å². The summed E-state index contributed by atoms with van der Waals surface area (Å²) in [5.41, 5.74) is 0. The maximum atomic E-state index is 11.7. The van der Waals surface area contributed by atoms with Gasteiger partial charge in [0.05, 0.1) is 6.54 Å². The molecule has 0 aromatic carbocycles. The van der Waals surface area contributed by atoms with Gasteiger partial charge >= 0.3 is 0 Å². The summed E-state index contributed by atoms with van der Waals surface area (Å²) in [7, 11) is 3.40. The van der Waals surface area contributed by atoms with Crippen LogP contribution >= 0.6 is 15.9 Å². The fourth-order valence-electron chi connectivity index (χ4n) is 1.21. The van der Waals surface area contributed by atoms with Crippen LogP contribution in [0.1, 0.15) is 26.2 Å². The highest BCUT2D eigenvalue weighted by atomic mass is 79.9. The largest absolute Gasteiger partial charge is 0.347 e. The highest BCUT2D eigenvalue weighted by Crippen LogP contribution is 2.03. The molecule has 0 fully saturated rings. The molecule has 0 aliphatic carbocycles. The third-order valence-corrected chi connectivity index (χ3v) is 2.89. The van der Waals surface area contributed by atoms with E-state index in [1.54, 1.807) is 19.0 Å². The number of hydrogen-bond donors (Lipinski definition) is 0. The Morgan fingerprint density at radius 3 is 2.19 bits per heavy atom. The molecular formula is C11H21BrN2O2. The number of likely N-dealkylation sites (N-methyl/N-ethyl adjacent to an activating group) is 2. The molecule has 0 heterocycles. The number of alkyl halides is 1. The first-order valence-electron chi connectivity index (χ1n) is 5.56. The molecule has 0 unspecified atom stereocenters. The Morgan fingerprint density at radius 1 is 1.12 bits per heavy atom. The van der Waals surface area contributed by atoms with Crippen molar-refractivity contribution in [1.29, 1.82) is 0 Å². The Morgan fingerprint density at radius 2 is 1.75 bits per heavy atom. The van der Waals surface area contributed by atoms with Gasteiger partial charge < -0.3 is 9.80 Å². The van der Waals surface area contributed by atoms with Crippen molar-refractivity contribution in [3.63, 3.8) is 0 Å². The summed E-state index contributed by atoms with van der Waals surface area (Å²) in [6.07, 6.45) is 2.39. The molecular weight excluding hydrogens is 272 g/mol. The molecule has 94 valence electrons. The highest BCUT2D eigenvalue weighted by molar-refractivity contribution is 9.09. The van der Waals surface area contributed by atoms with Crippen LogP contribution in [0.5, 0.6) is 0 Å². The molecule has 2 amide bonds. The van der Waals surface area contributed by atoms with Gasteiger partial charge in [0.1, 0.15) is 0 Å². The fourth-order valence-corrected chi connectivity index (χ4v) is 1.61. The number of carbonyl (C=O) groups excluding carboxylic acids is 2. The molecule has 0 aromatic rings. The SMILES string of the molecule is CCN(CC(=O)N(C)C)C(=O)CCCCBr. The van der Waals surface area contributed by atoms with E-state index in [4.69, 9.17) is 0 Å². The van der Waals surface area contributed by atoms with Gasteiger partial charge in [-0.2, -0.15) is 0 Å². The van der Waals surface area contributed by atoms with Gasteiger partial charge in [0.25, 0.3) is 0 Å². The van der Waals surface area contributed by atoms with E-state index in [0.717, 1.165) is 18.2 Å². The summed E-state index contributed by atoms with van der Waals surface area (Å²) in [5.74, 6) is 0.0364. The van der Waals surface area contributed by atoms with Crippen LogP contribution in [0.25, 0.3) is 0 Å². The molecule has 0 saturated heterocycles. The Hall–Kier alpha value is -0.580. The normalized spacial score (nSPS) is 10.0. The first-order valence-corrected chi connectivity index (χ1v) is 6.69. The summed E-state index contributed by atoms with van der Waals surface area (Å²) >= 11 is 3.33. The predicted molar refractivity (Wildman–Crippen MR) is 68.6 cm³/mol. The lowest BCUT2D eigenvalue weighted by Gasteiger charge is -2.22. The molecule has 0 rings (SSSR count). The molecule has 0 radical (unpaired) electrons. The first kappa shape index (κ1) is 15.4. The van der Waals surface area contributed by atoms with Gasteiger partial charge in [-0.25, -0.2) is 0 Å².